The summed E-state index contributed by atoms with van der Waals surface area (Å²) >= 11 is 0. The largest absolute Gasteiger partial charge is 0.480 e. The molecule has 5 heteroatoms. The number of amides is 2. The van der Waals surface area contributed by atoms with Gasteiger partial charge in [-0.05, 0) is 13.3 Å². The molecule has 0 bridgehead atoms. The fourth-order valence-corrected chi connectivity index (χ4v) is 1.12. The number of carbonyl (C=O) groups is 2. The molecule has 3 N–H and O–H groups in total. The third kappa shape index (κ3) is 6.71. The molecular weight excluding hydrogens is 208 g/mol. The highest BCUT2D eigenvalue weighted by atomic mass is 16.4. The third-order valence-corrected chi connectivity index (χ3v) is 1.89. The predicted octanol–water partition coefficient (Wildman–Crippen LogP) is 0.952. The molecule has 0 spiro atoms. The van der Waals surface area contributed by atoms with Crippen LogP contribution in [0.1, 0.15) is 33.1 Å². The molecule has 0 saturated carbocycles. The van der Waals surface area contributed by atoms with Crippen molar-refractivity contribution in [3.8, 4) is 11.8 Å². The van der Waals surface area contributed by atoms with Crippen LogP contribution in [0.2, 0.25) is 0 Å². The van der Waals surface area contributed by atoms with Gasteiger partial charge in [0.1, 0.15) is 6.04 Å². The maximum atomic E-state index is 11.3. The van der Waals surface area contributed by atoms with Crippen LogP contribution in [0, 0.1) is 11.8 Å². The summed E-state index contributed by atoms with van der Waals surface area (Å²) in [4.78, 5) is 22.0. The van der Waals surface area contributed by atoms with Crippen LogP contribution in [0.3, 0.4) is 0 Å². The molecule has 0 rings (SSSR count). The highest BCUT2D eigenvalue weighted by molar-refractivity contribution is 5.82. The number of urea groups is 1. The Kier molecular flexibility index (Phi) is 7.68. The van der Waals surface area contributed by atoms with Gasteiger partial charge in [0, 0.05) is 13.0 Å². The lowest BCUT2D eigenvalue weighted by molar-refractivity contribution is -0.139. The van der Waals surface area contributed by atoms with Gasteiger partial charge in [-0.1, -0.05) is 13.3 Å². The summed E-state index contributed by atoms with van der Waals surface area (Å²) in [5.41, 5.74) is 0. The topological polar surface area (TPSA) is 78.4 Å². The lowest BCUT2D eigenvalue weighted by atomic mass is 10.2. The molecule has 0 unspecified atom stereocenters. The zero-order valence-corrected chi connectivity index (χ0v) is 9.67. The van der Waals surface area contributed by atoms with Gasteiger partial charge in [-0.3, -0.25) is 0 Å². The average molecular weight is 226 g/mol. The normalized spacial score (nSPS) is 10.9. The molecule has 5 nitrogen and oxygen atoms in total. The smallest absolute Gasteiger partial charge is 0.326 e. The van der Waals surface area contributed by atoms with Gasteiger partial charge < -0.3 is 15.7 Å². The van der Waals surface area contributed by atoms with Crippen LogP contribution >= 0.6 is 0 Å². The molecule has 0 heterocycles. The molecule has 16 heavy (non-hydrogen) atoms. The van der Waals surface area contributed by atoms with E-state index in [9.17, 15) is 9.59 Å². The molecule has 90 valence electrons. The molecule has 0 saturated heterocycles. The van der Waals surface area contributed by atoms with Crippen molar-refractivity contribution < 1.29 is 14.7 Å². The standard InChI is InChI=1S/C11H18N2O3/c1-3-5-6-8-12-11(16)13-9(7-4-2)10(14)15/h9H,4,6-8H2,1-2H3,(H,14,15)(H2,12,13,16)/t9-/m0/s1. The number of aliphatic carboxylic acids is 1. The minimum atomic E-state index is -1.01. The van der Waals surface area contributed by atoms with Crippen molar-refractivity contribution in [2.75, 3.05) is 6.54 Å². The summed E-state index contributed by atoms with van der Waals surface area (Å²) in [5, 5.41) is 13.7. The lowest BCUT2D eigenvalue weighted by Crippen LogP contribution is -2.46. The molecule has 0 radical (unpaired) electrons. The Morgan fingerprint density at radius 3 is 2.62 bits per heavy atom. The van der Waals surface area contributed by atoms with Crippen LogP contribution in [-0.4, -0.2) is 29.7 Å². The number of rotatable bonds is 6. The maximum Gasteiger partial charge on any atom is 0.326 e. The summed E-state index contributed by atoms with van der Waals surface area (Å²) in [5.74, 6) is 4.49. The van der Waals surface area contributed by atoms with E-state index in [2.05, 4.69) is 22.5 Å². The Hall–Kier alpha value is -1.70. The van der Waals surface area contributed by atoms with Crippen molar-refractivity contribution in [1.82, 2.24) is 10.6 Å². The minimum Gasteiger partial charge on any atom is -0.480 e. The van der Waals surface area contributed by atoms with E-state index < -0.39 is 18.0 Å². The van der Waals surface area contributed by atoms with Gasteiger partial charge in [0.15, 0.2) is 0 Å². The first-order valence-corrected chi connectivity index (χ1v) is 5.28. The van der Waals surface area contributed by atoms with Crippen LogP contribution in [-0.2, 0) is 4.79 Å². The first kappa shape index (κ1) is 14.3. The molecule has 0 aliphatic carbocycles. The molecule has 0 fully saturated rings. The third-order valence-electron chi connectivity index (χ3n) is 1.89. The molecular formula is C11H18N2O3. The fourth-order valence-electron chi connectivity index (χ4n) is 1.12. The molecule has 0 aromatic heterocycles. The number of hydrogen-bond donors (Lipinski definition) is 3. The van der Waals surface area contributed by atoms with Gasteiger partial charge in [-0.2, -0.15) is 0 Å². The Morgan fingerprint density at radius 2 is 2.12 bits per heavy atom. The van der Waals surface area contributed by atoms with Crippen LogP contribution in [0.4, 0.5) is 4.79 Å². The summed E-state index contributed by atoms with van der Waals surface area (Å²) in [7, 11) is 0. The Balaban J connectivity index is 3.89. The van der Waals surface area contributed by atoms with Gasteiger partial charge in [-0.15, -0.1) is 11.8 Å². The fraction of sp³-hybridized carbons (Fsp3) is 0.636. The van der Waals surface area contributed by atoms with Crippen molar-refractivity contribution in [2.24, 2.45) is 0 Å². The second kappa shape index (κ2) is 8.60. The first-order chi connectivity index (χ1) is 7.61. The van der Waals surface area contributed by atoms with Crippen LogP contribution in [0.5, 0.6) is 0 Å². The van der Waals surface area contributed by atoms with E-state index in [1.54, 1.807) is 6.92 Å². The zero-order valence-electron chi connectivity index (χ0n) is 9.67. The Bertz CT molecular complexity index is 291. The van der Waals surface area contributed by atoms with Crippen molar-refractivity contribution in [1.29, 1.82) is 0 Å². The van der Waals surface area contributed by atoms with Gasteiger partial charge in [0.05, 0.1) is 0 Å². The second-order valence-corrected chi connectivity index (χ2v) is 3.26. The Morgan fingerprint density at radius 1 is 1.44 bits per heavy atom. The van der Waals surface area contributed by atoms with E-state index in [0.717, 1.165) is 0 Å². The number of carboxylic acids is 1. The molecule has 0 aliphatic heterocycles. The minimum absolute atomic E-state index is 0.422. The van der Waals surface area contributed by atoms with E-state index >= 15 is 0 Å². The maximum absolute atomic E-state index is 11.3. The summed E-state index contributed by atoms with van der Waals surface area (Å²) < 4.78 is 0. The quantitative estimate of drug-likeness (QED) is 0.466. The molecule has 0 aromatic carbocycles. The average Bonchev–Trinajstić information content (AvgIpc) is 2.23. The SMILES string of the molecule is CC#CCCNC(=O)N[C@@H](CCC)C(=O)O. The van der Waals surface area contributed by atoms with Crippen molar-refractivity contribution >= 4 is 12.0 Å². The van der Waals surface area contributed by atoms with E-state index in [-0.39, 0.29) is 0 Å². The molecule has 0 aromatic rings. The van der Waals surface area contributed by atoms with Crippen LogP contribution in [0.15, 0.2) is 0 Å². The molecule has 2 amide bonds. The predicted molar refractivity (Wildman–Crippen MR) is 60.9 cm³/mol. The number of nitrogens with one attached hydrogen (secondary N) is 2. The van der Waals surface area contributed by atoms with E-state index in [4.69, 9.17) is 5.11 Å². The highest BCUT2D eigenvalue weighted by Crippen LogP contribution is 1.96. The monoisotopic (exact) mass is 226 g/mol. The van der Waals surface area contributed by atoms with Crippen molar-refractivity contribution in [3.63, 3.8) is 0 Å². The second-order valence-electron chi connectivity index (χ2n) is 3.26. The van der Waals surface area contributed by atoms with Gasteiger partial charge in [0.2, 0.25) is 0 Å². The van der Waals surface area contributed by atoms with Crippen molar-refractivity contribution in [3.05, 3.63) is 0 Å². The van der Waals surface area contributed by atoms with Crippen LogP contribution in [0.25, 0.3) is 0 Å². The van der Waals surface area contributed by atoms with Gasteiger partial charge >= 0.3 is 12.0 Å². The highest BCUT2D eigenvalue weighted by Gasteiger charge is 2.17. The first-order valence-electron chi connectivity index (χ1n) is 5.28. The summed E-state index contributed by atoms with van der Waals surface area (Å²) in [6, 6.07) is -1.28. The summed E-state index contributed by atoms with van der Waals surface area (Å²) in [6.07, 6.45) is 1.70. The lowest BCUT2D eigenvalue weighted by Gasteiger charge is -2.13. The molecule has 1 atom stereocenters. The van der Waals surface area contributed by atoms with Crippen molar-refractivity contribution in [2.45, 2.75) is 39.2 Å². The summed E-state index contributed by atoms with van der Waals surface area (Å²) in [6.45, 7) is 4.01. The number of carbonyl (C=O) groups excluding carboxylic acids is 1. The van der Waals surface area contributed by atoms with E-state index in [1.807, 2.05) is 6.92 Å². The van der Waals surface area contributed by atoms with E-state index in [0.29, 0.717) is 25.8 Å². The van der Waals surface area contributed by atoms with Gasteiger partial charge in [-0.25, -0.2) is 9.59 Å². The van der Waals surface area contributed by atoms with Gasteiger partial charge in [0.25, 0.3) is 0 Å². The van der Waals surface area contributed by atoms with E-state index in [1.165, 1.54) is 0 Å². The molecule has 0 aliphatic rings. The zero-order chi connectivity index (χ0) is 12.4. The Labute approximate surface area is 95.6 Å². The number of carboxylic acid groups (broad SMARTS) is 1. The van der Waals surface area contributed by atoms with Crippen LogP contribution < -0.4 is 10.6 Å². The number of hydrogen-bond acceptors (Lipinski definition) is 2.